The molecule has 0 aromatic heterocycles. The molecular weight excluding hydrogens is 507 g/mol. The average molecular weight is 533 g/mol. The van der Waals surface area contributed by atoms with Gasteiger partial charge >= 0.3 is 0 Å². The van der Waals surface area contributed by atoms with E-state index in [0.29, 0.717) is 35.3 Å². The number of aliphatic imine (C=N–C) groups is 1. The van der Waals surface area contributed by atoms with E-state index in [1.807, 2.05) is 31.2 Å². The van der Waals surface area contributed by atoms with Crippen molar-refractivity contribution in [2.75, 3.05) is 26.1 Å². The Kier molecular flexibility index (Phi) is 10.6. The summed E-state index contributed by atoms with van der Waals surface area (Å²) in [6, 6.07) is 10.9. The summed E-state index contributed by atoms with van der Waals surface area (Å²) >= 11 is 6.05. The maximum absolute atomic E-state index is 12.1. The number of ether oxygens (including phenoxy) is 2. The first-order valence-electron chi connectivity index (χ1n) is 8.74. The molecule has 158 valence electrons. The normalized spacial score (nSPS) is 10.7. The Morgan fingerprint density at radius 2 is 1.90 bits per heavy atom. The molecule has 0 saturated heterocycles. The number of nitrogens with one attached hydrogen (secondary N) is 2. The van der Waals surface area contributed by atoms with Gasteiger partial charge in [0.2, 0.25) is 5.91 Å². The molecule has 0 fully saturated rings. The summed E-state index contributed by atoms with van der Waals surface area (Å²) in [7, 11) is 3.16. The lowest BCUT2D eigenvalue weighted by Gasteiger charge is -2.10. The highest BCUT2D eigenvalue weighted by Gasteiger charge is 2.07. The fourth-order valence-electron chi connectivity index (χ4n) is 2.47. The second kappa shape index (κ2) is 12.4. The number of hydrogen-bond donors (Lipinski definition) is 3. The SMILES string of the molecule is COc1ccc(CN=C(N)NCCC(=O)Nc2cccc(Cl)c2C)cc1OC.I. The lowest BCUT2D eigenvalue weighted by molar-refractivity contribution is -0.116. The van der Waals surface area contributed by atoms with Crippen LogP contribution in [0.4, 0.5) is 5.69 Å². The molecule has 0 unspecified atom stereocenters. The maximum Gasteiger partial charge on any atom is 0.226 e. The van der Waals surface area contributed by atoms with Gasteiger partial charge in [0.25, 0.3) is 0 Å². The Balaban J connectivity index is 0.00000420. The van der Waals surface area contributed by atoms with E-state index in [0.717, 1.165) is 11.1 Å². The number of hydrogen-bond acceptors (Lipinski definition) is 4. The fraction of sp³-hybridized carbons (Fsp3) is 0.300. The number of nitrogens with zero attached hydrogens (tertiary/aromatic N) is 1. The minimum absolute atomic E-state index is 0. The van der Waals surface area contributed by atoms with Crippen LogP contribution >= 0.6 is 35.6 Å². The zero-order valence-electron chi connectivity index (χ0n) is 16.6. The number of methoxy groups -OCH3 is 2. The Labute approximate surface area is 193 Å². The van der Waals surface area contributed by atoms with E-state index in [9.17, 15) is 4.79 Å². The fourth-order valence-corrected chi connectivity index (χ4v) is 2.65. The van der Waals surface area contributed by atoms with Gasteiger partial charge in [-0.2, -0.15) is 0 Å². The molecule has 0 aliphatic carbocycles. The van der Waals surface area contributed by atoms with Crippen molar-refractivity contribution >= 4 is 53.1 Å². The molecule has 9 heteroatoms. The van der Waals surface area contributed by atoms with Crippen LogP contribution in [0.2, 0.25) is 5.02 Å². The van der Waals surface area contributed by atoms with Crippen molar-refractivity contribution in [1.29, 1.82) is 0 Å². The van der Waals surface area contributed by atoms with Crippen molar-refractivity contribution in [3.63, 3.8) is 0 Å². The molecule has 0 atom stereocenters. The Hall–Kier alpha value is -2.20. The van der Waals surface area contributed by atoms with Crippen LogP contribution in [-0.2, 0) is 11.3 Å². The maximum atomic E-state index is 12.1. The monoisotopic (exact) mass is 532 g/mol. The van der Waals surface area contributed by atoms with Crippen LogP contribution in [0, 0.1) is 6.92 Å². The Morgan fingerprint density at radius 1 is 1.17 bits per heavy atom. The number of halogens is 2. The van der Waals surface area contributed by atoms with E-state index in [-0.39, 0.29) is 42.3 Å². The summed E-state index contributed by atoms with van der Waals surface area (Å²) in [6.07, 6.45) is 0.249. The molecule has 0 aliphatic heterocycles. The van der Waals surface area contributed by atoms with Gasteiger partial charge in [-0.15, -0.1) is 24.0 Å². The Bertz CT molecular complexity index is 862. The van der Waals surface area contributed by atoms with Crippen LogP contribution in [0.3, 0.4) is 0 Å². The van der Waals surface area contributed by atoms with E-state index >= 15 is 0 Å². The minimum atomic E-state index is -0.134. The summed E-state index contributed by atoms with van der Waals surface area (Å²) in [5.74, 6) is 1.42. The van der Waals surface area contributed by atoms with Crippen molar-refractivity contribution in [2.24, 2.45) is 10.7 Å². The number of benzene rings is 2. The molecule has 2 aromatic carbocycles. The summed E-state index contributed by atoms with van der Waals surface area (Å²) in [6.45, 7) is 2.61. The number of guanidine groups is 1. The number of carbonyl (C=O) groups excluding carboxylic acids is 1. The van der Waals surface area contributed by atoms with Crippen LogP contribution < -0.4 is 25.8 Å². The third-order valence-corrected chi connectivity index (χ3v) is 4.49. The third-order valence-electron chi connectivity index (χ3n) is 4.08. The van der Waals surface area contributed by atoms with Crippen LogP contribution in [-0.4, -0.2) is 32.6 Å². The summed E-state index contributed by atoms with van der Waals surface area (Å²) in [5, 5.41) is 6.38. The number of carbonyl (C=O) groups is 1. The van der Waals surface area contributed by atoms with Gasteiger partial charge in [0, 0.05) is 23.7 Å². The molecule has 0 radical (unpaired) electrons. The summed E-state index contributed by atoms with van der Waals surface area (Å²) in [4.78, 5) is 16.3. The zero-order valence-corrected chi connectivity index (χ0v) is 19.7. The van der Waals surface area contributed by atoms with Gasteiger partial charge in [-0.25, -0.2) is 4.99 Å². The largest absolute Gasteiger partial charge is 0.493 e. The second-order valence-corrected chi connectivity index (χ2v) is 6.44. The molecule has 2 rings (SSSR count). The molecule has 2 aromatic rings. The number of anilines is 1. The lowest BCUT2D eigenvalue weighted by atomic mass is 10.2. The van der Waals surface area contributed by atoms with Gasteiger partial charge in [-0.1, -0.05) is 23.7 Å². The first-order chi connectivity index (χ1) is 13.4. The highest BCUT2D eigenvalue weighted by molar-refractivity contribution is 14.0. The second-order valence-electron chi connectivity index (χ2n) is 6.03. The zero-order chi connectivity index (χ0) is 20.5. The standard InChI is InChI=1S/C20H25ClN4O3.HI/c1-13-15(21)5-4-6-16(13)25-19(26)9-10-23-20(22)24-12-14-7-8-17(27-2)18(11-14)28-3;/h4-8,11H,9-10,12H2,1-3H3,(H,25,26)(H3,22,23,24);1H. The first kappa shape index (κ1) is 24.8. The number of rotatable bonds is 8. The lowest BCUT2D eigenvalue weighted by Crippen LogP contribution is -2.34. The molecule has 0 heterocycles. The van der Waals surface area contributed by atoms with E-state index in [4.69, 9.17) is 26.8 Å². The summed E-state index contributed by atoms with van der Waals surface area (Å²) in [5.41, 5.74) is 8.33. The van der Waals surface area contributed by atoms with E-state index in [2.05, 4.69) is 15.6 Å². The average Bonchev–Trinajstić information content (AvgIpc) is 2.69. The quantitative estimate of drug-likeness (QED) is 0.274. The van der Waals surface area contributed by atoms with Gasteiger partial charge < -0.3 is 25.8 Å². The minimum Gasteiger partial charge on any atom is -0.493 e. The van der Waals surface area contributed by atoms with Gasteiger partial charge in [-0.3, -0.25) is 4.79 Å². The van der Waals surface area contributed by atoms with Crippen LogP contribution in [0.15, 0.2) is 41.4 Å². The van der Waals surface area contributed by atoms with Crippen molar-refractivity contribution in [2.45, 2.75) is 19.9 Å². The van der Waals surface area contributed by atoms with Gasteiger partial charge in [0.1, 0.15) is 0 Å². The third kappa shape index (κ3) is 7.62. The highest BCUT2D eigenvalue weighted by atomic mass is 127. The topological polar surface area (TPSA) is 98.0 Å². The number of nitrogens with two attached hydrogens (primary N) is 1. The molecule has 7 nitrogen and oxygen atoms in total. The van der Waals surface area contributed by atoms with Crippen LogP contribution in [0.5, 0.6) is 11.5 Å². The Morgan fingerprint density at radius 3 is 2.59 bits per heavy atom. The van der Waals surface area contributed by atoms with Crippen LogP contribution in [0.1, 0.15) is 17.5 Å². The number of amides is 1. The molecule has 1 amide bonds. The molecular formula is C20H26ClIN4O3. The predicted octanol–water partition coefficient (Wildman–Crippen LogP) is 3.72. The highest BCUT2D eigenvalue weighted by Crippen LogP contribution is 2.27. The predicted molar refractivity (Wildman–Crippen MR) is 128 cm³/mol. The van der Waals surface area contributed by atoms with Crippen molar-refractivity contribution in [3.8, 4) is 11.5 Å². The van der Waals surface area contributed by atoms with Gasteiger partial charge in [0.05, 0.1) is 20.8 Å². The molecule has 4 N–H and O–H groups in total. The molecule has 29 heavy (non-hydrogen) atoms. The molecule has 0 aliphatic rings. The molecule has 0 spiro atoms. The van der Waals surface area contributed by atoms with Crippen molar-refractivity contribution in [3.05, 3.63) is 52.5 Å². The van der Waals surface area contributed by atoms with E-state index < -0.39 is 0 Å². The van der Waals surface area contributed by atoms with Gasteiger partial charge in [0.15, 0.2) is 17.5 Å². The van der Waals surface area contributed by atoms with Gasteiger partial charge in [-0.05, 0) is 42.3 Å². The summed E-state index contributed by atoms with van der Waals surface area (Å²) < 4.78 is 10.5. The first-order valence-corrected chi connectivity index (χ1v) is 9.12. The van der Waals surface area contributed by atoms with Crippen LogP contribution in [0.25, 0.3) is 0 Å². The molecule has 0 saturated carbocycles. The van der Waals surface area contributed by atoms with E-state index in [1.54, 1.807) is 26.4 Å². The molecule has 0 bridgehead atoms. The smallest absolute Gasteiger partial charge is 0.226 e. The van der Waals surface area contributed by atoms with E-state index in [1.165, 1.54) is 0 Å². The van der Waals surface area contributed by atoms with Crippen molar-refractivity contribution in [1.82, 2.24) is 5.32 Å². The van der Waals surface area contributed by atoms with Crippen molar-refractivity contribution < 1.29 is 14.3 Å².